The fourth-order valence-electron chi connectivity index (χ4n) is 0.931. The molecule has 0 bridgehead atoms. The normalized spacial score (nSPS) is 9.75. The summed E-state index contributed by atoms with van der Waals surface area (Å²) in [6.07, 6.45) is 0.465. The predicted octanol–water partition coefficient (Wildman–Crippen LogP) is 1.32. The van der Waals surface area contributed by atoms with Crippen LogP contribution in [0.1, 0.15) is 5.56 Å². The zero-order chi connectivity index (χ0) is 8.97. The van der Waals surface area contributed by atoms with Gasteiger partial charge in [0.1, 0.15) is 11.4 Å². The molecule has 0 saturated heterocycles. The highest BCUT2D eigenvalue weighted by Crippen LogP contribution is 2.26. The lowest BCUT2D eigenvalue weighted by molar-refractivity contribution is 0.299. The third kappa shape index (κ3) is 1.79. The van der Waals surface area contributed by atoms with E-state index in [-0.39, 0.29) is 18.0 Å². The van der Waals surface area contributed by atoms with E-state index in [1.165, 1.54) is 12.1 Å². The Morgan fingerprint density at radius 1 is 1.42 bits per heavy atom. The number of aliphatic hydroxyl groups is 1. The molecule has 0 fully saturated rings. The summed E-state index contributed by atoms with van der Waals surface area (Å²) in [6, 6.07) is 4.49. The summed E-state index contributed by atoms with van der Waals surface area (Å²) in [5, 5.41) is 20.3. The van der Waals surface area contributed by atoms with Gasteiger partial charge >= 0.3 is 0 Å². The number of aromatic hydroxyl groups is 1. The van der Waals surface area contributed by atoms with Crippen molar-refractivity contribution < 1.29 is 10.2 Å². The van der Waals surface area contributed by atoms with Crippen LogP contribution >= 0.6 is 0 Å². The van der Waals surface area contributed by atoms with E-state index in [0.29, 0.717) is 6.42 Å². The highest BCUT2D eigenvalue weighted by atomic mass is 16.3. The molecule has 0 atom stereocenters. The molecule has 64 valence electrons. The first-order chi connectivity index (χ1) is 5.77. The lowest BCUT2D eigenvalue weighted by Gasteiger charge is -1.99. The van der Waals surface area contributed by atoms with Gasteiger partial charge in [-0.15, -0.1) is 4.91 Å². The minimum atomic E-state index is -0.143. The highest BCUT2D eigenvalue weighted by molar-refractivity contribution is 5.52. The highest BCUT2D eigenvalue weighted by Gasteiger charge is 2.01. The van der Waals surface area contributed by atoms with Crippen molar-refractivity contribution in [3.63, 3.8) is 0 Å². The van der Waals surface area contributed by atoms with Crippen molar-refractivity contribution in [2.24, 2.45) is 5.18 Å². The molecular weight excluding hydrogens is 158 g/mol. The number of nitrogens with zero attached hydrogens (tertiary/aromatic N) is 1. The molecule has 0 saturated carbocycles. The molecule has 1 aromatic rings. The molecule has 12 heavy (non-hydrogen) atoms. The second-order valence-corrected chi connectivity index (χ2v) is 2.39. The molecule has 0 spiro atoms. The average molecular weight is 167 g/mol. The first-order valence-electron chi connectivity index (χ1n) is 3.54. The number of rotatable bonds is 3. The Balaban J connectivity index is 2.93. The SMILES string of the molecule is O=Nc1ccc(CCO)cc1O. The van der Waals surface area contributed by atoms with Gasteiger partial charge in [-0.05, 0) is 29.3 Å². The van der Waals surface area contributed by atoms with Gasteiger partial charge in [0.05, 0.1) is 0 Å². The Kier molecular flexibility index (Phi) is 2.76. The molecule has 0 amide bonds. The van der Waals surface area contributed by atoms with E-state index in [0.717, 1.165) is 5.56 Å². The molecule has 0 aliphatic carbocycles. The zero-order valence-electron chi connectivity index (χ0n) is 6.40. The lowest BCUT2D eigenvalue weighted by Crippen LogP contribution is -1.89. The van der Waals surface area contributed by atoms with Gasteiger partial charge in [-0.1, -0.05) is 6.07 Å². The fraction of sp³-hybridized carbons (Fsp3) is 0.250. The van der Waals surface area contributed by atoms with E-state index < -0.39 is 0 Å². The van der Waals surface area contributed by atoms with Crippen LogP contribution in [-0.4, -0.2) is 16.8 Å². The van der Waals surface area contributed by atoms with Crippen LogP contribution in [0.25, 0.3) is 0 Å². The Morgan fingerprint density at radius 2 is 2.17 bits per heavy atom. The summed E-state index contributed by atoms with van der Waals surface area (Å²) in [6.45, 7) is 0.0211. The summed E-state index contributed by atoms with van der Waals surface area (Å²) in [4.78, 5) is 10.0. The Hall–Kier alpha value is -1.42. The monoisotopic (exact) mass is 167 g/mol. The molecular formula is C8H9NO3. The predicted molar refractivity (Wildman–Crippen MR) is 44.4 cm³/mol. The fourth-order valence-corrected chi connectivity index (χ4v) is 0.931. The molecule has 0 heterocycles. The van der Waals surface area contributed by atoms with E-state index in [1.54, 1.807) is 6.07 Å². The quantitative estimate of drug-likeness (QED) is 0.667. The van der Waals surface area contributed by atoms with Crippen molar-refractivity contribution in [2.45, 2.75) is 6.42 Å². The second-order valence-electron chi connectivity index (χ2n) is 2.39. The largest absolute Gasteiger partial charge is 0.506 e. The van der Waals surface area contributed by atoms with Crippen molar-refractivity contribution in [3.05, 3.63) is 28.7 Å². The van der Waals surface area contributed by atoms with Gasteiger partial charge in [0.2, 0.25) is 0 Å². The Morgan fingerprint density at radius 3 is 2.67 bits per heavy atom. The lowest BCUT2D eigenvalue weighted by atomic mass is 10.1. The Bertz CT molecular complexity index is 286. The summed E-state index contributed by atoms with van der Waals surface area (Å²) in [5.74, 6) is -0.143. The smallest absolute Gasteiger partial charge is 0.149 e. The van der Waals surface area contributed by atoms with Crippen LogP contribution in [0.2, 0.25) is 0 Å². The molecule has 0 unspecified atom stereocenters. The van der Waals surface area contributed by atoms with Gasteiger partial charge in [0.25, 0.3) is 0 Å². The van der Waals surface area contributed by atoms with Gasteiger partial charge in [-0.3, -0.25) is 0 Å². The van der Waals surface area contributed by atoms with E-state index in [1.807, 2.05) is 0 Å². The number of aliphatic hydroxyl groups excluding tert-OH is 1. The number of phenols is 1. The number of hydrogen-bond acceptors (Lipinski definition) is 4. The molecule has 0 aliphatic heterocycles. The third-order valence-electron chi connectivity index (χ3n) is 1.54. The standard InChI is InChI=1S/C8H9NO3/c10-4-3-6-1-2-7(9-12)8(11)5-6/h1-2,5,10-11H,3-4H2. The third-order valence-corrected chi connectivity index (χ3v) is 1.54. The molecule has 4 heteroatoms. The summed E-state index contributed by atoms with van der Waals surface area (Å²) >= 11 is 0. The van der Waals surface area contributed by atoms with Crippen LogP contribution < -0.4 is 0 Å². The number of benzene rings is 1. The van der Waals surface area contributed by atoms with Gasteiger partial charge in [-0.25, -0.2) is 0 Å². The molecule has 0 aliphatic rings. The Labute approximate surface area is 69.4 Å². The first kappa shape index (κ1) is 8.67. The summed E-state index contributed by atoms with van der Waals surface area (Å²) in [7, 11) is 0. The maximum absolute atomic E-state index is 10.0. The van der Waals surface area contributed by atoms with Crippen molar-refractivity contribution in [1.29, 1.82) is 0 Å². The van der Waals surface area contributed by atoms with Crippen molar-refractivity contribution in [3.8, 4) is 5.75 Å². The van der Waals surface area contributed by atoms with Crippen molar-refractivity contribution in [2.75, 3.05) is 6.61 Å². The number of nitroso groups, excluding NO2 is 1. The van der Waals surface area contributed by atoms with E-state index in [9.17, 15) is 4.91 Å². The molecule has 4 nitrogen and oxygen atoms in total. The minimum Gasteiger partial charge on any atom is -0.506 e. The van der Waals surface area contributed by atoms with Crippen LogP contribution in [0.5, 0.6) is 5.75 Å². The number of phenolic OH excluding ortho intramolecular Hbond substituents is 1. The number of hydrogen-bond donors (Lipinski definition) is 2. The van der Waals surface area contributed by atoms with Gasteiger partial charge < -0.3 is 10.2 Å². The van der Waals surface area contributed by atoms with Crippen LogP contribution in [0.4, 0.5) is 5.69 Å². The maximum atomic E-state index is 10.0. The minimum absolute atomic E-state index is 0.0211. The summed E-state index contributed by atoms with van der Waals surface area (Å²) in [5.41, 5.74) is 0.805. The van der Waals surface area contributed by atoms with Crippen LogP contribution in [0.15, 0.2) is 23.4 Å². The summed E-state index contributed by atoms with van der Waals surface area (Å²) < 4.78 is 0. The molecule has 2 N–H and O–H groups in total. The second kappa shape index (κ2) is 3.82. The zero-order valence-corrected chi connectivity index (χ0v) is 6.40. The molecule has 1 aromatic carbocycles. The van der Waals surface area contributed by atoms with E-state index in [2.05, 4.69) is 5.18 Å². The van der Waals surface area contributed by atoms with E-state index in [4.69, 9.17) is 10.2 Å². The average Bonchev–Trinajstić information content (AvgIpc) is 2.05. The van der Waals surface area contributed by atoms with Crippen LogP contribution in [0.3, 0.4) is 0 Å². The van der Waals surface area contributed by atoms with Gasteiger partial charge in [0, 0.05) is 6.61 Å². The molecule has 0 radical (unpaired) electrons. The van der Waals surface area contributed by atoms with Crippen LogP contribution in [0, 0.1) is 4.91 Å². The first-order valence-corrected chi connectivity index (χ1v) is 3.54. The van der Waals surface area contributed by atoms with Crippen LogP contribution in [-0.2, 0) is 6.42 Å². The van der Waals surface area contributed by atoms with Gasteiger partial charge in [-0.2, -0.15) is 0 Å². The van der Waals surface area contributed by atoms with Crippen molar-refractivity contribution >= 4 is 5.69 Å². The van der Waals surface area contributed by atoms with Gasteiger partial charge in [0.15, 0.2) is 0 Å². The molecule has 1 rings (SSSR count). The van der Waals surface area contributed by atoms with Crippen molar-refractivity contribution in [1.82, 2.24) is 0 Å². The van der Waals surface area contributed by atoms with E-state index >= 15 is 0 Å². The maximum Gasteiger partial charge on any atom is 0.149 e. The molecule has 0 aromatic heterocycles. The topological polar surface area (TPSA) is 69.9 Å².